The molecule has 2 aromatic rings. The third kappa shape index (κ3) is 4.49. The van der Waals surface area contributed by atoms with E-state index < -0.39 is 0 Å². The Labute approximate surface area is 128 Å². The average Bonchev–Trinajstić information content (AvgIpc) is 2.93. The van der Waals surface area contributed by atoms with E-state index in [1.807, 2.05) is 19.1 Å². The second kappa shape index (κ2) is 7.13. The summed E-state index contributed by atoms with van der Waals surface area (Å²) in [6.07, 6.45) is 4.13. The number of carbonyl (C=O) groups excluding carboxylic acids is 1. The molecule has 1 amide bonds. The molecule has 0 bridgehead atoms. The Kier molecular flexibility index (Phi) is 5.22. The highest BCUT2D eigenvalue weighted by atomic mass is 32.1. The third-order valence-electron chi connectivity index (χ3n) is 3.03. The van der Waals surface area contributed by atoms with Crippen LogP contribution in [0, 0.1) is 0 Å². The van der Waals surface area contributed by atoms with E-state index in [0.717, 1.165) is 17.0 Å². The molecule has 0 saturated heterocycles. The Morgan fingerprint density at radius 2 is 2.00 bits per heavy atom. The van der Waals surface area contributed by atoms with Crippen LogP contribution in [0.4, 0.5) is 5.13 Å². The Morgan fingerprint density at radius 3 is 2.57 bits per heavy atom. The van der Waals surface area contributed by atoms with Gasteiger partial charge in [-0.15, -0.1) is 10.2 Å². The summed E-state index contributed by atoms with van der Waals surface area (Å²) in [4.78, 5) is 11.8. The van der Waals surface area contributed by atoms with Crippen molar-refractivity contribution in [2.75, 3.05) is 5.32 Å². The molecule has 1 aromatic carbocycles. The summed E-state index contributed by atoms with van der Waals surface area (Å²) in [5.41, 5.74) is 2.29. The molecule has 0 unspecified atom stereocenters. The molecule has 0 atom stereocenters. The third-order valence-corrected chi connectivity index (χ3v) is 4.01. The van der Waals surface area contributed by atoms with Crippen LogP contribution in [0.5, 0.6) is 0 Å². The molecule has 21 heavy (non-hydrogen) atoms. The zero-order valence-corrected chi connectivity index (χ0v) is 13.3. The largest absolute Gasteiger partial charge is 0.297 e. The molecular formula is C16H19N3OS. The fourth-order valence-corrected chi connectivity index (χ4v) is 2.44. The van der Waals surface area contributed by atoms with Crippen molar-refractivity contribution >= 4 is 28.5 Å². The molecule has 4 nitrogen and oxygen atoms in total. The van der Waals surface area contributed by atoms with Gasteiger partial charge in [0, 0.05) is 6.08 Å². The number of anilines is 1. The number of hydrogen-bond acceptors (Lipinski definition) is 4. The summed E-state index contributed by atoms with van der Waals surface area (Å²) in [6, 6.07) is 8.19. The van der Waals surface area contributed by atoms with Crippen LogP contribution < -0.4 is 5.32 Å². The van der Waals surface area contributed by atoms with Crippen LogP contribution >= 0.6 is 11.3 Å². The number of aryl methyl sites for hydroxylation is 1. The monoisotopic (exact) mass is 301 g/mol. The lowest BCUT2D eigenvalue weighted by Crippen LogP contribution is -2.07. The first kappa shape index (κ1) is 15.4. The molecule has 2 rings (SSSR count). The van der Waals surface area contributed by atoms with Gasteiger partial charge in [0.05, 0.1) is 0 Å². The lowest BCUT2D eigenvalue weighted by Gasteiger charge is -2.04. The predicted octanol–water partition coefficient (Wildman–Crippen LogP) is 3.88. The summed E-state index contributed by atoms with van der Waals surface area (Å²) in [7, 11) is 0. The number of nitrogens with zero attached hydrogens (tertiary/aromatic N) is 2. The van der Waals surface area contributed by atoms with E-state index in [1.54, 1.807) is 6.08 Å². The Bertz CT molecular complexity index is 629. The van der Waals surface area contributed by atoms with Crippen LogP contribution in [-0.4, -0.2) is 16.1 Å². The first-order valence-electron chi connectivity index (χ1n) is 7.00. The van der Waals surface area contributed by atoms with Crippen molar-refractivity contribution in [2.24, 2.45) is 0 Å². The molecule has 0 radical (unpaired) electrons. The van der Waals surface area contributed by atoms with E-state index in [-0.39, 0.29) is 5.91 Å². The van der Waals surface area contributed by atoms with Crippen LogP contribution in [0.15, 0.2) is 30.3 Å². The van der Waals surface area contributed by atoms with Crippen molar-refractivity contribution in [3.05, 3.63) is 46.5 Å². The summed E-state index contributed by atoms with van der Waals surface area (Å²) in [5.74, 6) is 0.318. The number of amides is 1. The summed E-state index contributed by atoms with van der Waals surface area (Å²) >= 11 is 1.40. The topological polar surface area (TPSA) is 54.9 Å². The lowest BCUT2D eigenvalue weighted by atomic mass is 10.0. The van der Waals surface area contributed by atoms with Crippen molar-refractivity contribution in [3.63, 3.8) is 0 Å². The van der Waals surface area contributed by atoms with Gasteiger partial charge in [-0.2, -0.15) is 0 Å². The van der Waals surface area contributed by atoms with E-state index in [4.69, 9.17) is 0 Å². The molecule has 0 saturated carbocycles. The summed E-state index contributed by atoms with van der Waals surface area (Å²) in [5, 5.41) is 12.0. The Balaban J connectivity index is 1.95. The highest BCUT2D eigenvalue weighted by Gasteiger charge is 2.04. The maximum atomic E-state index is 11.8. The van der Waals surface area contributed by atoms with Gasteiger partial charge in [0.15, 0.2) is 0 Å². The molecule has 1 aromatic heterocycles. The molecular weight excluding hydrogens is 282 g/mol. The standard InChI is InChI=1S/C16H19N3OS/c1-4-15-18-19-16(21-15)17-14(20)10-7-12-5-8-13(9-6-12)11(2)3/h5-11H,4H2,1-3H3,(H,17,19,20). The van der Waals surface area contributed by atoms with Gasteiger partial charge < -0.3 is 0 Å². The number of rotatable bonds is 5. The zero-order valence-electron chi connectivity index (χ0n) is 12.5. The second-order valence-electron chi connectivity index (χ2n) is 5.00. The van der Waals surface area contributed by atoms with Gasteiger partial charge in [0.1, 0.15) is 5.01 Å². The fraction of sp³-hybridized carbons (Fsp3) is 0.312. The van der Waals surface area contributed by atoms with Crippen LogP contribution in [0.3, 0.4) is 0 Å². The number of nitrogens with one attached hydrogen (secondary N) is 1. The highest BCUT2D eigenvalue weighted by molar-refractivity contribution is 7.15. The molecule has 0 aliphatic carbocycles. The number of hydrogen-bond donors (Lipinski definition) is 1. The van der Waals surface area contributed by atoms with Crippen molar-refractivity contribution in [1.82, 2.24) is 10.2 Å². The minimum atomic E-state index is -0.193. The maximum Gasteiger partial charge on any atom is 0.250 e. The SMILES string of the molecule is CCc1nnc(NC(=O)C=Cc2ccc(C(C)C)cc2)s1. The molecule has 0 fully saturated rings. The number of benzene rings is 1. The molecule has 1 heterocycles. The molecule has 0 aliphatic heterocycles. The quantitative estimate of drug-likeness (QED) is 0.853. The van der Waals surface area contributed by atoms with Gasteiger partial charge >= 0.3 is 0 Å². The lowest BCUT2D eigenvalue weighted by molar-refractivity contribution is -0.111. The fourth-order valence-electron chi connectivity index (χ4n) is 1.76. The van der Waals surface area contributed by atoms with E-state index in [2.05, 4.69) is 41.5 Å². The first-order chi connectivity index (χ1) is 10.1. The van der Waals surface area contributed by atoms with E-state index in [0.29, 0.717) is 11.0 Å². The van der Waals surface area contributed by atoms with Gasteiger partial charge in [-0.1, -0.05) is 56.4 Å². The van der Waals surface area contributed by atoms with Gasteiger partial charge in [-0.05, 0) is 29.5 Å². The van der Waals surface area contributed by atoms with Gasteiger partial charge in [0.25, 0.3) is 0 Å². The predicted molar refractivity (Wildman–Crippen MR) is 87.5 cm³/mol. The smallest absolute Gasteiger partial charge is 0.250 e. The maximum absolute atomic E-state index is 11.8. The minimum absolute atomic E-state index is 0.193. The minimum Gasteiger partial charge on any atom is -0.297 e. The first-order valence-corrected chi connectivity index (χ1v) is 7.81. The van der Waals surface area contributed by atoms with Crippen molar-refractivity contribution in [2.45, 2.75) is 33.1 Å². The molecule has 0 spiro atoms. The van der Waals surface area contributed by atoms with Crippen LogP contribution in [-0.2, 0) is 11.2 Å². The number of aromatic nitrogens is 2. The molecule has 1 N–H and O–H groups in total. The van der Waals surface area contributed by atoms with Crippen LogP contribution in [0.2, 0.25) is 0 Å². The van der Waals surface area contributed by atoms with Gasteiger partial charge in [-0.25, -0.2) is 0 Å². The second-order valence-corrected chi connectivity index (χ2v) is 6.06. The molecule has 110 valence electrons. The zero-order chi connectivity index (χ0) is 15.2. The van der Waals surface area contributed by atoms with Gasteiger partial charge in [-0.3, -0.25) is 10.1 Å². The number of carbonyl (C=O) groups is 1. The van der Waals surface area contributed by atoms with Crippen LogP contribution in [0.1, 0.15) is 42.8 Å². The molecule has 5 heteroatoms. The average molecular weight is 301 g/mol. The highest BCUT2D eigenvalue weighted by Crippen LogP contribution is 2.16. The Hall–Kier alpha value is -2.01. The molecule has 0 aliphatic rings. The van der Waals surface area contributed by atoms with E-state index in [1.165, 1.54) is 23.0 Å². The summed E-state index contributed by atoms with van der Waals surface area (Å²) in [6.45, 7) is 6.32. The summed E-state index contributed by atoms with van der Waals surface area (Å²) < 4.78 is 0. The van der Waals surface area contributed by atoms with E-state index >= 15 is 0 Å². The normalized spacial score (nSPS) is 11.2. The Morgan fingerprint density at radius 1 is 1.29 bits per heavy atom. The van der Waals surface area contributed by atoms with Crippen molar-refractivity contribution in [3.8, 4) is 0 Å². The van der Waals surface area contributed by atoms with Crippen LogP contribution in [0.25, 0.3) is 6.08 Å². The van der Waals surface area contributed by atoms with Gasteiger partial charge in [0.2, 0.25) is 11.0 Å². The van der Waals surface area contributed by atoms with Crippen molar-refractivity contribution < 1.29 is 4.79 Å². The van der Waals surface area contributed by atoms with E-state index in [9.17, 15) is 4.79 Å². The van der Waals surface area contributed by atoms with Crippen molar-refractivity contribution in [1.29, 1.82) is 0 Å².